The van der Waals surface area contributed by atoms with Gasteiger partial charge in [-0.3, -0.25) is 4.79 Å². The second-order valence-corrected chi connectivity index (χ2v) is 6.36. The highest BCUT2D eigenvalue weighted by Crippen LogP contribution is 2.30. The lowest BCUT2D eigenvalue weighted by atomic mass is 10.1. The summed E-state index contributed by atoms with van der Waals surface area (Å²) in [5.41, 5.74) is 5.09. The highest BCUT2D eigenvalue weighted by Gasteiger charge is 2.18. The molecule has 5 nitrogen and oxygen atoms in total. The van der Waals surface area contributed by atoms with E-state index in [0.29, 0.717) is 10.4 Å². The standard InChI is InChI=1S/C17H16N2O3S/c1-22-17(21)12-7-5-11(6-8-12)10-18-19-16(20)15-9-13-3-2-4-14(13)23-15/h5-10H,2-4H2,1H3,(H,19,20)/b18-10-. The second kappa shape index (κ2) is 6.75. The third-order valence-corrected chi connectivity index (χ3v) is 4.92. The molecule has 0 spiro atoms. The molecule has 118 valence electrons. The van der Waals surface area contributed by atoms with Crippen molar-refractivity contribution < 1.29 is 14.3 Å². The molecule has 0 aliphatic heterocycles. The molecule has 1 amide bonds. The molecule has 0 radical (unpaired) electrons. The molecule has 0 atom stereocenters. The van der Waals surface area contributed by atoms with Crippen molar-refractivity contribution in [1.82, 2.24) is 5.43 Å². The van der Waals surface area contributed by atoms with E-state index >= 15 is 0 Å². The molecule has 1 heterocycles. The van der Waals surface area contributed by atoms with Crippen LogP contribution in [0.3, 0.4) is 0 Å². The molecular weight excluding hydrogens is 312 g/mol. The molecule has 0 saturated carbocycles. The summed E-state index contributed by atoms with van der Waals surface area (Å²) < 4.78 is 4.63. The predicted octanol–water partition coefficient (Wildman–Crippen LogP) is 2.79. The van der Waals surface area contributed by atoms with E-state index in [1.54, 1.807) is 41.8 Å². The van der Waals surface area contributed by atoms with Crippen LogP contribution < -0.4 is 5.43 Å². The van der Waals surface area contributed by atoms with Gasteiger partial charge in [-0.2, -0.15) is 5.10 Å². The fourth-order valence-corrected chi connectivity index (χ4v) is 3.63. The van der Waals surface area contributed by atoms with Crippen LogP contribution in [-0.2, 0) is 17.6 Å². The maximum atomic E-state index is 12.0. The molecule has 0 saturated heterocycles. The number of rotatable bonds is 4. The number of fused-ring (bicyclic) bond motifs is 1. The molecule has 1 aromatic heterocycles. The van der Waals surface area contributed by atoms with Crippen molar-refractivity contribution in [3.8, 4) is 0 Å². The highest BCUT2D eigenvalue weighted by atomic mass is 32.1. The molecule has 1 aliphatic carbocycles. The number of thiophene rings is 1. The fourth-order valence-electron chi connectivity index (χ4n) is 2.48. The maximum absolute atomic E-state index is 12.0. The third-order valence-electron chi connectivity index (χ3n) is 3.68. The molecule has 1 aliphatic rings. The first-order valence-corrected chi connectivity index (χ1v) is 8.12. The minimum atomic E-state index is -0.382. The van der Waals surface area contributed by atoms with Gasteiger partial charge in [0, 0.05) is 4.88 Å². The monoisotopic (exact) mass is 328 g/mol. The van der Waals surface area contributed by atoms with Gasteiger partial charge in [0.25, 0.3) is 5.91 Å². The maximum Gasteiger partial charge on any atom is 0.337 e. The van der Waals surface area contributed by atoms with E-state index in [1.165, 1.54) is 24.0 Å². The van der Waals surface area contributed by atoms with E-state index in [0.717, 1.165) is 18.4 Å². The number of carbonyl (C=O) groups is 2. The lowest BCUT2D eigenvalue weighted by molar-refractivity contribution is 0.0600. The Labute approximate surface area is 138 Å². The number of esters is 1. The summed E-state index contributed by atoms with van der Waals surface area (Å²) in [6, 6.07) is 8.74. The number of methoxy groups -OCH3 is 1. The highest BCUT2D eigenvalue weighted by molar-refractivity contribution is 7.14. The summed E-state index contributed by atoms with van der Waals surface area (Å²) in [6.45, 7) is 0. The number of amides is 1. The van der Waals surface area contributed by atoms with Crippen LogP contribution in [0.2, 0.25) is 0 Å². The molecule has 0 unspecified atom stereocenters. The summed E-state index contributed by atoms with van der Waals surface area (Å²) in [5.74, 6) is -0.570. The summed E-state index contributed by atoms with van der Waals surface area (Å²) >= 11 is 1.55. The van der Waals surface area contributed by atoms with Crippen LogP contribution in [0.4, 0.5) is 0 Å². The average Bonchev–Trinajstić information content (AvgIpc) is 3.16. The van der Waals surface area contributed by atoms with Crippen molar-refractivity contribution in [2.45, 2.75) is 19.3 Å². The number of nitrogens with zero attached hydrogens (tertiary/aromatic N) is 1. The number of hydrazone groups is 1. The largest absolute Gasteiger partial charge is 0.465 e. The van der Waals surface area contributed by atoms with Gasteiger partial charge in [0.15, 0.2) is 0 Å². The number of ether oxygens (including phenoxy) is 1. The Morgan fingerprint density at radius 1 is 1.26 bits per heavy atom. The smallest absolute Gasteiger partial charge is 0.337 e. The van der Waals surface area contributed by atoms with E-state index in [1.807, 2.05) is 6.07 Å². The Bertz CT molecular complexity index is 741. The zero-order valence-corrected chi connectivity index (χ0v) is 13.5. The molecule has 1 N–H and O–H groups in total. The van der Waals surface area contributed by atoms with Gasteiger partial charge >= 0.3 is 5.97 Å². The molecule has 0 bridgehead atoms. The second-order valence-electron chi connectivity index (χ2n) is 5.23. The number of hydrogen-bond acceptors (Lipinski definition) is 5. The first-order chi connectivity index (χ1) is 11.2. The Kier molecular flexibility index (Phi) is 4.52. The van der Waals surface area contributed by atoms with Crippen LogP contribution in [0.15, 0.2) is 35.4 Å². The van der Waals surface area contributed by atoms with E-state index in [4.69, 9.17) is 0 Å². The van der Waals surface area contributed by atoms with Gasteiger partial charge in [-0.25, -0.2) is 10.2 Å². The van der Waals surface area contributed by atoms with Crippen molar-refractivity contribution in [2.75, 3.05) is 7.11 Å². The van der Waals surface area contributed by atoms with Crippen LogP contribution in [-0.4, -0.2) is 25.2 Å². The Morgan fingerprint density at radius 3 is 2.74 bits per heavy atom. The van der Waals surface area contributed by atoms with Gasteiger partial charge < -0.3 is 4.74 Å². The molecule has 1 aromatic carbocycles. The zero-order valence-electron chi connectivity index (χ0n) is 12.7. The lowest BCUT2D eigenvalue weighted by Gasteiger charge is -1.99. The first-order valence-electron chi connectivity index (χ1n) is 7.31. The average molecular weight is 328 g/mol. The number of carbonyl (C=O) groups excluding carboxylic acids is 2. The quantitative estimate of drug-likeness (QED) is 0.533. The summed E-state index contributed by atoms with van der Waals surface area (Å²) in [5, 5.41) is 3.96. The van der Waals surface area contributed by atoms with Crippen molar-refractivity contribution in [2.24, 2.45) is 5.10 Å². The Hall–Kier alpha value is -2.47. The van der Waals surface area contributed by atoms with Gasteiger partial charge in [0.05, 0.1) is 23.8 Å². The number of aryl methyl sites for hydroxylation is 2. The molecule has 0 fully saturated rings. The topological polar surface area (TPSA) is 67.8 Å². The van der Waals surface area contributed by atoms with Crippen molar-refractivity contribution >= 4 is 29.4 Å². The van der Waals surface area contributed by atoms with Crippen LogP contribution >= 0.6 is 11.3 Å². The normalized spacial score (nSPS) is 13.1. The Morgan fingerprint density at radius 2 is 2.04 bits per heavy atom. The summed E-state index contributed by atoms with van der Waals surface area (Å²) in [6.07, 6.45) is 4.86. The molecular formula is C17H16N2O3S. The van der Waals surface area contributed by atoms with E-state index < -0.39 is 0 Å². The number of benzene rings is 1. The van der Waals surface area contributed by atoms with Gasteiger partial charge in [-0.05, 0) is 48.6 Å². The van der Waals surface area contributed by atoms with Crippen LogP contribution in [0.1, 0.15) is 42.5 Å². The minimum Gasteiger partial charge on any atom is -0.465 e. The number of nitrogens with one attached hydrogen (secondary N) is 1. The molecule has 2 aromatic rings. The first kappa shape index (κ1) is 15.4. The zero-order chi connectivity index (χ0) is 16.2. The Balaban J connectivity index is 1.59. The number of hydrogen-bond donors (Lipinski definition) is 1. The summed E-state index contributed by atoms with van der Waals surface area (Å²) in [7, 11) is 1.34. The van der Waals surface area contributed by atoms with Crippen molar-refractivity contribution in [3.05, 3.63) is 56.8 Å². The van der Waals surface area contributed by atoms with Crippen LogP contribution in [0, 0.1) is 0 Å². The van der Waals surface area contributed by atoms with Gasteiger partial charge in [-0.15, -0.1) is 11.3 Å². The van der Waals surface area contributed by atoms with Crippen LogP contribution in [0.25, 0.3) is 0 Å². The molecule has 3 rings (SSSR count). The lowest BCUT2D eigenvalue weighted by Crippen LogP contribution is -2.16. The van der Waals surface area contributed by atoms with Crippen LogP contribution in [0.5, 0.6) is 0 Å². The van der Waals surface area contributed by atoms with E-state index in [9.17, 15) is 9.59 Å². The van der Waals surface area contributed by atoms with Crippen molar-refractivity contribution in [3.63, 3.8) is 0 Å². The van der Waals surface area contributed by atoms with Crippen molar-refractivity contribution in [1.29, 1.82) is 0 Å². The predicted molar refractivity (Wildman–Crippen MR) is 89.2 cm³/mol. The molecule has 23 heavy (non-hydrogen) atoms. The van der Waals surface area contributed by atoms with E-state index in [2.05, 4.69) is 15.3 Å². The van der Waals surface area contributed by atoms with E-state index in [-0.39, 0.29) is 11.9 Å². The summed E-state index contributed by atoms with van der Waals surface area (Å²) in [4.78, 5) is 25.4. The van der Waals surface area contributed by atoms with Gasteiger partial charge in [0.2, 0.25) is 0 Å². The van der Waals surface area contributed by atoms with Gasteiger partial charge in [0.1, 0.15) is 0 Å². The molecule has 6 heteroatoms. The SMILES string of the molecule is COC(=O)c1ccc(/C=N\NC(=O)c2cc3c(s2)CCC3)cc1. The third kappa shape index (κ3) is 3.48. The fraction of sp³-hybridized carbons (Fsp3) is 0.235. The van der Waals surface area contributed by atoms with Gasteiger partial charge in [-0.1, -0.05) is 12.1 Å². The minimum absolute atomic E-state index is 0.188.